The monoisotopic (exact) mass is 524 g/mol. The van der Waals surface area contributed by atoms with Crippen molar-refractivity contribution in [3.63, 3.8) is 0 Å². The Morgan fingerprint density at radius 2 is 2.06 bits per heavy atom. The lowest BCUT2D eigenvalue weighted by Gasteiger charge is -2.47. The molecule has 1 amide bonds. The third-order valence-electron chi connectivity index (χ3n) is 4.61. The summed E-state index contributed by atoms with van der Waals surface area (Å²) in [6.07, 6.45) is 3.60. The van der Waals surface area contributed by atoms with Crippen molar-refractivity contribution in [1.29, 1.82) is 0 Å². The number of carbonyl (C=O) groups is 3. The van der Waals surface area contributed by atoms with Crippen molar-refractivity contribution in [3.8, 4) is 0 Å². The number of aromatic nitrogens is 2. The van der Waals surface area contributed by atoms with Gasteiger partial charge in [0.1, 0.15) is 29.9 Å². The van der Waals surface area contributed by atoms with Gasteiger partial charge in [0.15, 0.2) is 5.13 Å². The fourth-order valence-electron chi connectivity index (χ4n) is 3.00. The number of hydrogen-bond donors (Lipinski definition) is 4. The number of carboxylic acid groups (broad SMARTS) is 2. The van der Waals surface area contributed by atoms with Crippen LogP contribution < -0.4 is 11.5 Å². The largest absolute Gasteiger partial charge is 0.477 e. The van der Waals surface area contributed by atoms with Gasteiger partial charge in [-0.25, -0.2) is 19.6 Å². The number of nitrogens with zero attached hydrogens (tertiary/aromatic N) is 4. The standard InChI is InChI=1S/C13H13N3O3S2.C6H7N3O3S/c1-6-8(21-5-15-6)3-2-7-4-20-12-9(14)11(17)16(12)10(7)13(18)19;1-12-9-4(5(10)11)3-2-13-6(7)8-3/h2-3,5,9,12H,4,14H2,1H3,(H,18,19);2H,1H3,(H2,7,8)(H,10,11)/t9?,12-;/m1./s1. The van der Waals surface area contributed by atoms with E-state index < -0.39 is 18.0 Å². The molecular weight excluding hydrogens is 504 g/mol. The molecule has 180 valence electrons. The number of anilines is 1. The van der Waals surface area contributed by atoms with E-state index in [9.17, 15) is 19.5 Å². The molecule has 2 aromatic heterocycles. The molecule has 0 aliphatic carbocycles. The highest BCUT2D eigenvalue weighted by Gasteiger charge is 2.51. The van der Waals surface area contributed by atoms with Crippen LogP contribution in [0.2, 0.25) is 0 Å². The molecule has 1 saturated heterocycles. The minimum atomic E-state index is -1.20. The Hall–Kier alpha value is -3.27. The van der Waals surface area contributed by atoms with Crippen molar-refractivity contribution in [2.24, 2.45) is 10.9 Å². The van der Waals surface area contributed by atoms with E-state index in [1.807, 2.05) is 13.0 Å². The van der Waals surface area contributed by atoms with Gasteiger partial charge in [-0.1, -0.05) is 11.2 Å². The molecule has 2 aliphatic heterocycles. The van der Waals surface area contributed by atoms with Crippen molar-refractivity contribution in [2.75, 3.05) is 18.6 Å². The summed E-state index contributed by atoms with van der Waals surface area (Å²) < 4.78 is 0. The number of allylic oxidation sites excluding steroid dienone is 1. The summed E-state index contributed by atoms with van der Waals surface area (Å²) in [6.45, 7) is 1.90. The zero-order valence-corrected chi connectivity index (χ0v) is 20.3. The molecule has 2 aromatic rings. The number of carbonyl (C=O) groups excluding carboxylic acids is 1. The highest BCUT2D eigenvalue weighted by Crippen LogP contribution is 2.39. The second-order valence-corrected chi connectivity index (χ2v) is 9.63. The lowest BCUT2D eigenvalue weighted by atomic mass is 10.0. The van der Waals surface area contributed by atoms with Crippen molar-refractivity contribution < 1.29 is 29.4 Å². The molecule has 2 aliphatic rings. The van der Waals surface area contributed by atoms with Crippen LogP contribution in [0.4, 0.5) is 5.13 Å². The molecule has 0 saturated carbocycles. The highest BCUT2D eigenvalue weighted by molar-refractivity contribution is 8.00. The summed E-state index contributed by atoms with van der Waals surface area (Å²) in [5.41, 5.74) is 14.3. The summed E-state index contributed by atoms with van der Waals surface area (Å²) in [5, 5.41) is 22.9. The number of rotatable bonds is 6. The molecule has 0 spiro atoms. The number of carboxylic acids is 2. The molecule has 1 fully saturated rings. The topological polar surface area (TPSA) is 194 Å². The van der Waals surface area contributed by atoms with E-state index in [-0.39, 0.29) is 28.4 Å². The smallest absolute Gasteiger partial charge is 0.360 e. The number of β-lactam (4-membered cyclic amide) rings is 1. The Morgan fingerprint density at radius 3 is 2.59 bits per heavy atom. The Balaban J connectivity index is 0.000000215. The van der Waals surface area contributed by atoms with Crippen LogP contribution in [0.5, 0.6) is 0 Å². The van der Waals surface area contributed by atoms with E-state index in [1.54, 1.807) is 11.6 Å². The summed E-state index contributed by atoms with van der Waals surface area (Å²) in [6, 6.07) is -0.598. The van der Waals surface area contributed by atoms with Crippen molar-refractivity contribution >= 4 is 69.2 Å². The Labute approximate surface area is 205 Å². The molecule has 12 nitrogen and oxygen atoms in total. The van der Waals surface area contributed by atoms with Crippen LogP contribution >= 0.6 is 34.4 Å². The van der Waals surface area contributed by atoms with Gasteiger partial charge < -0.3 is 26.5 Å². The van der Waals surface area contributed by atoms with Crippen LogP contribution in [-0.2, 0) is 19.2 Å². The van der Waals surface area contributed by atoms with E-state index in [1.165, 1.54) is 40.5 Å². The first-order valence-corrected chi connectivity index (χ1v) is 12.3. The number of oxime groups is 1. The molecule has 6 N–H and O–H groups in total. The van der Waals surface area contributed by atoms with Crippen LogP contribution in [0.1, 0.15) is 16.3 Å². The van der Waals surface area contributed by atoms with Crippen LogP contribution in [-0.4, -0.2) is 72.9 Å². The fraction of sp³-hybridized carbons (Fsp3) is 0.263. The number of thioether (sulfide) groups is 1. The summed E-state index contributed by atoms with van der Waals surface area (Å²) in [7, 11) is 1.26. The average molecular weight is 525 g/mol. The van der Waals surface area contributed by atoms with Gasteiger partial charge in [0.05, 0.1) is 11.2 Å². The predicted octanol–water partition coefficient (Wildman–Crippen LogP) is 1.21. The number of nitrogens with two attached hydrogens (primary N) is 2. The highest BCUT2D eigenvalue weighted by atomic mass is 32.2. The first-order valence-electron chi connectivity index (χ1n) is 9.46. The Morgan fingerprint density at radius 1 is 1.32 bits per heavy atom. The van der Waals surface area contributed by atoms with Crippen LogP contribution in [0, 0.1) is 6.92 Å². The van der Waals surface area contributed by atoms with Gasteiger partial charge in [-0.3, -0.25) is 9.69 Å². The SMILES string of the molecule is CON=C(C(=O)O)c1csc(N)n1.Cc1ncsc1C=CC1=C(C(=O)O)N2C(=O)C(N)[C@H]2SC1. The predicted molar refractivity (Wildman–Crippen MR) is 129 cm³/mol. The summed E-state index contributed by atoms with van der Waals surface area (Å²) in [4.78, 5) is 48.4. The van der Waals surface area contributed by atoms with E-state index in [4.69, 9.17) is 16.6 Å². The number of nitrogen functional groups attached to an aromatic ring is 1. The molecule has 4 rings (SSSR count). The second-order valence-electron chi connectivity index (χ2n) is 6.75. The molecular formula is C19H20N6O6S3. The second kappa shape index (κ2) is 10.8. The van der Waals surface area contributed by atoms with Crippen molar-refractivity contribution in [3.05, 3.63) is 44.5 Å². The normalized spacial score (nSPS) is 19.9. The van der Waals surface area contributed by atoms with Gasteiger partial charge in [-0.15, -0.1) is 34.4 Å². The quantitative estimate of drug-likeness (QED) is 0.241. The van der Waals surface area contributed by atoms with Gasteiger partial charge >= 0.3 is 11.9 Å². The lowest BCUT2D eigenvalue weighted by molar-refractivity contribution is -0.147. The zero-order valence-electron chi connectivity index (χ0n) is 17.9. The van der Waals surface area contributed by atoms with Gasteiger partial charge in [-0.2, -0.15) is 0 Å². The van der Waals surface area contributed by atoms with Crippen LogP contribution in [0.3, 0.4) is 0 Å². The maximum absolute atomic E-state index is 11.8. The first-order chi connectivity index (χ1) is 16.1. The van der Waals surface area contributed by atoms with E-state index in [0.29, 0.717) is 16.5 Å². The average Bonchev–Trinajstić information content (AvgIpc) is 3.42. The zero-order chi connectivity index (χ0) is 25.0. The molecule has 0 aromatic carbocycles. The molecule has 1 unspecified atom stereocenters. The minimum absolute atomic E-state index is 0.0452. The molecule has 0 bridgehead atoms. The third kappa shape index (κ3) is 5.27. The Kier molecular flexibility index (Phi) is 8.03. The minimum Gasteiger partial charge on any atom is -0.477 e. The van der Waals surface area contributed by atoms with Crippen LogP contribution in [0.15, 0.2) is 33.4 Å². The maximum atomic E-state index is 11.8. The summed E-state index contributed by atoms with van der Waals surface area (Å²) in [5.74, 6) is -2.10. The van der Waals surface area contributed by atoms with Gasteiger partial charge in [-0.05, 0) is 18.6 Å². The number of thiazole rings is 2. The van der Waals surface area contributed by atoms with E-state index in [2.05, 4.69) is 20.0 Å². The van der Waals surface area contributed by atoms with Crippen molar-refractivity contribution in [2.45, 2.75) is 18.3 Å². The van der Waals surface area contributed by atoms with Gasteiger partial charge in [0.2, 0.25) is 11.6 Å². The molecule has 4 heterocycles. The maximum Gasteiger partial charge on any atom is 0.360 e. The lowest BCUT2D eigenvalue weighted by Crippen LogP contribution is -2.68. The molecule has 15 heteroatoms. The molecule has 34 heavy (non-hydrogen) atoms. The van der Waals surface area contributed by atoms with E-state index >= 15 is 0 Å². The number of hydrogen-bond acceptors (Lipinski definition) is 12. The van der Waals surface area contributed by atoms with Crippen LogP contribution in [0.25, 0.3) is 6.08 Å². The summed E-state index contributed by atoms with van der Waals surface area (Å²) >= 11 is 4.12. The number of aliphatic carboxylic acids is 2. The number of amides is 1. The molecule has 2 atom stereocenters. The Bertz CT molecular complexity index is 1200. The fourth-order valence-corrected chi connectivity index (χ4v) is 5.51. The van der Waals surface area contributed by atoms with Crippen molar-refractivity contribution in [1.82, 2.24) is 14.9 Å². The molecule has 0 radical (unpaired) electrons. The number of fused-ring (bicyclic) bond motifs is 1. The van der Waals surface area contributed by atoms with E-state index in [0.717, 1.165) is 21.9 Å². The number of aryl methyl sites for hydroxylation is 1. The van der Waals surface area contributed by atoms with Gasteiger partial charge in [0.25, 0.3) is 0 Å². The van der Waals surface area contributed by atoms with Gasteiger partial charge in [0, 0.05) is 16.0 Å². The first kappa shape index (κ1) is 25.4. The third-order valence-corrected chi connectivity index (χ3v) is 7.50.